The normalized spacial score (nSPS) is 15.8. The van der Waals surface area contributed by atoms with Crippen molar-refractivity contribution in [3.8, 4) is 0 Å². The van der Waals surface area contributed by atoms with Crippen molar-refractivity contribution < 1.29 is 4.79 Å². The van der Waals surface area contributed by atoms with Gasteiger partial charge < -0.3 is 5.32 Å². The van der Waals surface area contributed by atoms with Gasteiger partial charge in [0.1, 0.15) is 0 Å². The van der Waals surface area contributed by atoms with Gasteiger partial charge in [-0.25, -0.2) is 0 Å². The summed E-state index contributed by atoms with van der Waals surface area (Å²) in [5.74, 6) is 0.320. The van der Waals surface area contributed by atoms with Crippen molar-refractivity contribution in [2.45, 2.75) is 19.4 Å². The molecule has 0 fully saturated rings. The Balaban J connectivity index is 1.83. The van der Waals surface area contributed by atoms with E-state index in [1.807, 2.05) is 11.4 Å². The maximum Gasteiger partial charge on any atom is 0.224 e. The predicted molar refractivity (Wildman–Crippen MR) is 65.7 cm³/mol. The number of amides is 1. The van der Waals surface area contributed by atoms with Crippen molar-refractivity contribution >= 4 is 33.2 Å². The van der Waals surface area contributed by atoms with E-state index in [2.05, 4.69) is 33.4 Å². The average Bonchev–Trinajstić information content (AvgIpc) is 2.85. The summed E-state index contributed by atoms with van der Waals surface area (Å²) in [7, 11) is 0. The Morgan fingerprint density at radius 2 is 2.27 bits per heavy atom. The summed E-state index contributed by atoms with van der Waals surface area (Å²) in [5, 5.41) is 4.98. The summed E-state index contributed by atoms with van der Waals surface area (Å²) in [6.07, 6.45) is 5.92. The van der Waals surface area contributed by atoms with E-state index in [1.165, 1.54) is 0 Å². The molecule has 80 valence electrons. The van der Waals surface area contributed by atoms with Gasteiger partial charge in [0.05, 0.1) is 3.79 Å². The quantitative estimate of drug-likeness (QED) is 0.850. The molecule has 4 heteroatoms. The van der Waals surface area contributed by atoms with Gasteiger partial charge in [0.2, 0.25) is 5.91 Å². The Hall–Kier alpha value is -0.610. The highest BCUT2D eigenvalue weighted by molar-refractivity contribution is 9.11. The molecule has 1 heterocycles. The number of carbonyl (C=O) groups excluding carboxylic acids is 1. The molecule has 0 saturated carbocycles. The van der Waals surface area contributed by atoms with Crippen LogP contribution in [0.15, 0.2) is 27.4 Å². The number of nitrogens with one attached hydrogen (secondary N) is 1. The van der Waals surface area contributed by atoms with Gasteiger partial charge in [0.15, 0.2) is 0 Å². The van der Waals surface area contributed by atoms with E-state index in [1.54, 1.807) is 11.3 Å². The molecule has 1 aliphatic carbocycles. The van der Waals surface area contributed by atoms with Gasteiger partial charge in [-0.1, -0.05) is 12.2 Å². The van der Waals surface area contributed by atoms with Crippen molar-refractivity contribution in [3.63, 3.8) is 0 Å². The molecule has 0 saturated heterocycles. The van der Waals surface area contributed by atoms with Crippen molar-refractivity contribution in [2.24, 2.45) is 5.92 Å². The lowest BCUT2D eigenvalue weighted by Crippen LogP contribution is -2.28. The van der Waals surface area contributed by atoms with Gasteiger partial charge in [0.25, 0.3) is 0 Å². The monoisotopic (exact) mass is 285 g/mol. The van der Waals surface area contributed by atoms with Crippen LogP contribution >= 0.6 is 27.3 Å². The van der Waals surface area contributed by atoms with Crippen LogP contribution in [0.2, 0.25) is 0 Å². The van der Waals surface area contributed by atoms with E-state index in [0.29, 0.717) is 6.54 Å². The second-order valence-electron chi connectivity index (χ2n) is 3.58. The fourth-order valence-electron chi connectivity index (χ4n) is 1.60. The smallest absolute Gasteiger partial charge is 0.224 e. The zero-order valence-corrected chi connectivity index (χ0v) is 10.6. The molecule has 0 aliphatic heterocycles. The van der Waals surface area contributed by atoms with Crippen LogP contribution in [0.5, 0.6) is 0 Å². The minimum absolute atomic E-state index is 0.155. The minimum Gasteiger partial charge on any atom is -0.352 e. The molecule has 1 amide bonds. The van der Waals surface area contributed by atoms with Crippen molar-refractivity contribution in [2.75, 3.05) is 0 Å². The van der Waals surface area contributed by atoms with E-state index >= 15 is 0 Å². The van der Waals surface area contributed by atoms with Gasteiger partial charge in [-0.05, 0) is 45.8 Å². The molecule has 0 unspecified atom stereocenters. The molecule has 15 heavy (non-hydrogen) atoms. The lowest BCUT2D eigenvalue weighted by Gasteiger charge is -2.09. The van der Waals surface area contributed by atoms with Gasteiger partial charge in [-0.2, -0.15) is 0 Å². The van der Waals surface area contributed by atoms with Crippen LogP contribution in [0.4, 0.5) is 0 Å². The molecule has 0 radical (unpaired) electrons. The number of thiophene rings is 1. The van der Waals surface area contributed by atoms with Crippen LogP contribution in [-0.2, 0) is 11.3 Å². The summed E-state index contributed by atoms with van der Waals surface area (Å²) in [5.41, 5.74) is 1.15. The largest absolute Gasteiger partial charge is 0.352 e. The topological polar surface area (TPSA) is 29.1 Å². The molecule has 1 N–H and O–H groups in total. The third-order valence-electron chi connectivity index (χ3n) is 2.52. The van der Waals surface area contributed by atoms with E-state index in [-0.39, 0.29) is 11.8 Å². The number of halogens is 1. The molecule has 1 aromatic heterocycles. The average molecular weight is 286 g/mol. The SMILES string of the molecule is O=C(NCc1ccsc1Br)C1CC=CC1. The van der Waals surface area contributed by atoms with E-state index in [4.69, 9.17) is 0 Å². The first-order chi connectivity index (χ1) is 7.27. The number of rotatable bonds is 3. The molecule has 0 atom stereocenters. The van der Waals surface area contributed by atoms with Gasteiger partial charge in [0, 0.05) is 12.5 Å². The zero-order chi connectivity index (χ0) is 10.7. The molecule has 0 spiro atoms. The fraction of sp³-hybridized carbons (Fsp3) is 0.364. The first-order valence-electron chi connectivity index (χ1n) is 4.92. The highest BCUT2D eigenvalue weighted by Crippen LogP contribution is 2.23. The highest BCUT2D eigenvalue weighted by atomic mass is 79.9. The molecular weight excluding hydrogens is 274 g/mol. The number of carbonyl (C=O) groups is 1. The summed E-state index contributed by atoms with van der Waals surface area (Å²) >= 11 is 5.10. The zero-order valence-electron chi connectivity index (χ0n) is 8.20. The Morgan fingerprint density at radius 3 is 2.87 bits per heavy atom. The first kappa shape index (κ1) is 10.9. The summed E-state index contributed by atoms with van der Waals surface area (Å²) in [6, 6.07) is 2.03. The van der Waals surface area contributed by atoms with E-state index in [0.717, 1.165) is 22.2 Å². The number of hydrogen-bond donors (Lipinski definition) is 1. The maximum absolute atomic E-state index is 11.7. The third kappa shape index (κ3) is 2.69. The molecule has 1 aliphatic rings. The summed E-state index contributed by atoms with van der Waals surface area (Å²) in [4.78, 5) is 11.7. The van der Waals surface area contributed by atoms with Crippen molar-refractivity contribution in [1.82, 2.24) is 5.32 Å². The summed E-state index contributed by atoms with van der Waals surface area (Å²) < 4.78 is 1.10. The second kappa shape index (κ2) is 4.94. The van der Waals surface area contributed by atoms with E-state index in [9.17, 15) is 4.79 Å². The van der Waals surface area contributed by atoms with Crippen LogP contribution < -0.4 is 5.32 Å². The summed E-state index contributed by atoms with van der Waals surface area (Å²) in [6.45, 7) is 0.624. The Bertz CT molecular complexity index is 378. The maximum atomic E-state index is 11.7. The van der Waals surface area contributed by atoms with Crippen molar-refractivity contribution in [3.05, 3.63) is 32.9 Å². The predicted octanol–water partition coefficient (Wildman–Crippen LogP) is 3.09. The molecule has 1 aromatic rings. The van der Waals surface area contributed by atoms with Crippen LogP contribution in [0.1, 0.15) is 18.4 Å². The standard InChI is InChI=1S/C11H12BrNOS/c12-10-9(5-6-15-10)7-13-11(14)8-3-1-2-4-8/h1-2,5-6,8H,3-4,7H2,(H,13,14). The first-order valence-corrected chi connectivity index (χ1v) is 6.59. The van der Waals surface area contributed by atoms with Crippen LogP contribution in [0, 0.1) is 5.92 Å². The van der Waals surface area contributed by atoms with Crippen LogP contribution in [-0.4, -0.2) is 5.91 Å². The molecule has 0 bridgehead atoms. The third-order valence-corrected chi connectivity index (χ3v) is 4.34. The minimum atomic E-state index is 0.155. The van der Waals surface area contributed by atoms with Crippen LogP contribution in [0.3, 0.4) is 0 Å². The highest BCUT2D eigenvalue weighted by Gasteiger charge is 2.18. The Labute approximate surface area is 102 Å². The Kier molecular flexibility index (Phi) is 3.59. The molecule has 0 aromatic carbocycles. The van der Waals surface area contributed by atoms with Gasteiger partial charge >= 0.3 is 0 Å². The lowest BCUT2D eigenvalue weighted by molar-refractivity contribution is -0.124. The number of hydrogen-bond acceptors (Lipinski definition) is 2. The molecule has 2 nitrogen and oxygen atoms in total. The van der Waals surface area contributed by atoms with E-state index < -0.39 is 0 Å². The fourth-order valence-corrected chi connectivity index (χ4v) is 2.84. The van der Waals surface area contributed by atoms with Crippen molar-refractivity contribution in [1.29, 1.82) is 0 Å². The van der Waals surface area contributed by atoms with Gasteiger partial charge in [-0.3, -0.25) is 4.79 Å². The Morgan fingerprint density at radius 1 is 1.53 bits per heavy atom. The lowest BCUT2D eigenvalue weighted by atomic mass is 10.1. The van der Waals surface area contributed by atoms with Gasteiger partial charge in [-0.15, -0.1) is 11.3 Å². The molecule has 2 rings (SSSR count). The second-order valence-corrected chi connectivity index (χ2v) is 5.81. The molecular formula is C11H12BrNOS. The van der Waals surface area contributed by atoms with Crippen LogP contribution in [0.25, 0.3) is 0 Å². The number of allylic oxidation sites excluding steroid dienone is 2.